The van der Waals surface area contributed by atoms with E-state index in [0.29, 0.717) is 6.04 Å². The second kappa shape index (κ2) is 7.02. The van der Waals surface area contributed by atoms with Gasteiger partial charge in [-0.1, -0.05) is 35.0 Å². The van der Waals surface area contributed by atoms with Crippen molar-refractivity contribution in [2.24, 2.45) is 0 Å². The zero-order chi connectivity index (χ0) is 12.8. The van der Waals surface area contributed by atoms with Gasteiger partial charge in [0.2, 0.25) is 0 Å². The maximum Gasteiger partial charge on any atom is 0.0794 e. The number of likely N-dealkylation sites (N-methyl/N-ethyl adjacent to an activating group) is 1. The van der Waals surface area contributed by atoms with Crippen LogP contribution < -0.4 is 5.32 Å². The summed E-state index contributed by atoms with van der Waals surface area (Å²) in [6.45, 7) is 3.15. The third kappa shape index (κ3) is 4.19. The van der Waals surface area contributed by atoms with Crippen LogP contribution >= 0.6 is 27.3 Å². The molecule has 2 nitrogen and oxygen atoms in total. The van der Waals surface area contributed by atoms with E-state index in [1.54, 1.807) is 11.3 Å². The Morgan fingerprint density at radius 2 is 2.28 bits per heavy atom. The molecule has 0 amide bonds. The minimum atomic E-state index is 0.477. The number of benzene rings is 1. The molecule has 0 spiro atoms. The molecule has 0 bridgehead atoms. The van der Waals surface area contributed by atoms with Gasteiger partial charge in [0.1, 0.15) is 0 Å². The average molecular weight is 325 g/mol. The molecule has 1 aromatic carbocycles. The smallest absolute Gasteiger partial charge is 0.0794 e. The van der Waals surface area contributed by atoms with E-state index >= 15 is 0 Å². The lowest BCUT2D eigenvalue weighted by Gasteiger charge is -2.17. The third-order valence-corrected chi connectivity index (χ3v) is 4.09. The van der Waals surface area contributed by atoms with Crippen LogP contribution in [-0.2, 0) is 12.8 Å². The predicted octanol–water partition coefficient (Wildman–Crippen LogP) is 3.67. The highest BCUT2D eigenvalue weighted by Gasteiger charge is 2.10. The third-order valence-electron chi connectivity index (χ3n) is 2.79. The molecule has 0 fully saturated rings. The van der Waals surface area contributed by atoms with Gasteiger partial charge in [0.05, 0.1) is 5.51 Å². The monoisotopic (exact) mass is 324 g/mol. The Morgan fingerprint density at radius 1 is 1.39 bits per heavy atom. The van der Waals surface area contributed by atoms with Crippen molar-refractivity contribution < 1.29 is 0 Å². The Kier molecular flexibility index (Phi) is 5.35. The van der Waals surface area contributed by atoms with Crippen LogP contribution in [0.4, 0.5) is 0 Å². The van der Waals surface area contributed by atoms with Crippen molar-refractivity contribution in [1.29, 1.82) is 0 Å². The minimum absolute atomic E-state index is 0.477. The number of rotatable bonds is 6. The molecule has 0 aliphatic carbocycles. The molecule has 1 unspecified atom stereocenters. The molecule has 0 aliphatic rings. The van der Waals surface area contributed by atoms with E-state index in [2.05, 4.69) is 57.4 Å². The van der Waals surface area contributed by atoms with Crippen molar-refractivity contribution in [3.63, 3.8) is 0 Å². The fourth-order valence-electron chi connectivity index (χ4n) is 2.04. The van der Waals surface area contributed by atoms with E-state index < -0.39 is 0 Å². The largest absolute Gasteiger partial charge is 0.314 e. The van der Waals surface area contributed by atoms with E-state index in [4.69, 9.17) is 0 Å². The van der Waals surface area contributed by atoms with Crippen molar-refractivity contribution in [2.45, 2.75) is 25.8 Å². The molecule has 0 saturated heterocycles. The molecule has 96 valence electrons. The number of nitrogens with one attached hydrogen (secondary N) is 1. The number of hydrogen-bond acceptors (Lipinski definition) is 3. The fraction of sp³-hybridized carbons (Fsp3) is 0.357. The maximum absolute atomic E-state index is 4.14. The van der Waals surface area contributed by atoms with Gasteiger partial charge in [-0.15, -0.1) is 11.3 Å². The molecular formula is C14H17BrN2S. The Bertz CT molecular complexity index is 470. The molecule has 0 radical (unpaired) electrons. The lowest BCUT2D eigenvalue weighted by molar-refractivity contribution is 0.524. The molecule has 1 N–H and O–H groups in total. The summed E-state index contributed by atoms with van der Waals surface area (Å²) in [4.78, 5) is 5.48. The van der Waals surface area contributed by atoms with Gasteiger partial charge in [0.25, 0.3) is 0 Å². The van der Waals surface area contributed by atoms with Crippen LogP contribution in [0.3, 0.4) is 0 Å². The van der Waals surface area contributed by atoms with Crippen LogP contribution in [0.15, 0.2) is 40.4 Å². The summed E-state index contributed by atoms with van der Waals surface area (Å²) in [6, 6.07) is 9.01. The van der Waals surface area contributed by atoms with Gasteiger partial charge in [-0.25, -0.2) is 0 Å². The van der Waals surface area contributed by atoms with Crippen molar-refractivity contribution in [3.8, 4) is 0 Å². The van der Waals surface area contributed by atoms with Crippen LogP contribution in [0.2, 0.25) is 0 Å². The number of nitrogens with zero attached hydrogens (tertiary/aromatic N) is 1. The van der Waals surface area contributed by atoms with Gasteiger partial charge in [-0.3, -0.25) is 4.98 Å². The van der Waals surface area contributed by atoms with E-state index in [1.165, 1.54) is 10.4 Å². The average Bonchev–Trinajstić information content (AvgIpc) is 2.82. The summed E-state index contributed by atoms with van der Waals surface area (Å²) in [5, 5.41) is 3.55. The standard InChI is InChI=1S/C14H17BrN2S/c1-2-17-13(8-14-9-16-10-18-14)7-11-4-3-5-12(15)6-11/h3-6,9-10,13,17H,2,7-8H2,1H3. The van der Waals surface area contributed by atoms with E-state index in [1.807, 2.05) is 11.7 Å². The van der Waals surface area contributed by atoms with Crippen molar-refractivity contribution >= 4 is 27.3 Å². The van der Waals surface area contributed by atoms with Gasteiger partial charge in [-0.2, -0.15) is 0 Å². The van der Waals surface area contributed by atoms with Gasteiger partial charge >= 0.3 is 0 Å². The maximum atomic E-state index is 4.14. The molecule has 1 atom stereocenters. The summed E-state index contributed by atoms with van der Waals surface area (Å²) in [7, 11) is 0. The molecule has 0 aliphatic heterocycles. The quantitative estimate of drug-likeness (QED) is 0.876. The zero-order valence-corrected chi connectivity index (χ0v) is 12.8. The topological polar surface area (TPSA) is 24.9 Å². The van der Waals surface area contributed by atoms with E-state index in [-0.39, 0.29) is 0 Å². The van der Waals surface area contributed by atoms with Gasteiger partial charge < -0.3 is 5.32 Å². The summed E-state index contributed by atoms with van der Waals surface area (Å²) in [6.07, 6.45) is 4.06. The first kappa shape index (κ1) is 13.7. The highest BCUT2D eigenvalue weighted by molar-refractivity contribution is 9.10. The molecule has 0 saturated carbocycles. The SMILES string of the molecule is CCNC(Cc1cccc(Br)c1)Cc1cncs1. The molecule has 2 rings (SSSR count). The first-order chi connectivity index (χ1) is 8.78. The van der Waals surface area contributed by atoms with Crippen LogP contribution in [0.5, 0.6) is 0 Å². The summed E-state index contributed by atoms with van der Waals surface area (Å²) in [5.41, 5.74) is 3.26. The second-order valence-corrected chi connectivity index (χ2v) is 6.15. The number of thiazole rings is 1. The minimum Gasteiger partial charge on any atom is -0.314 e. The molecule has 4 heteroatoms. The molecular weight excluding hydrogens is 308 g/mol. The lowest BCUT2D eigenvalue weighted by Crippen LogP contribution is -2.32. The predicted molar refractivity (Wildman–Crippen MR) is 81.1 cm³/mol. The van der Waals surface area contributed by atoms with Crippen LogP contribution in [-0.4, -0.2) is 17.6 Å². The van der Waals surface area contributed by atoms with Crippen LogP contribution in [0.25, 0.3) is 0 Å². The molecule has 2 aromatic rings. The number of hydrogen-bond donors (Lipinski definition) is 1. The van der Waals surface area contributed by atoms with E-state index in [9.17, 15) is 0 Å². The van der Waals surface area contributed by atoms with Gasteiger partial charge in [0, 0.05) is 21.6 Å². The Labute approximate surface area is 121 Å². The second-order valence-electron chi connectivity index (χ2n) is 4.26. The van der Waals surface area contributed by atoms with Crippen molar-refractivity contribution in [3.05, 3.63) is 50.9 Å². The molecule has 18 heavy (non-hydrogen) atoms. The normalized spacial score (nSPS) is 12.6. The first-order valence-electron chi connectivity index (χ1n) is 6.13. The Morgan fingerprint density at radius 3 is 2.94 bits per heavy atom. The fourth-order valence-corrected chi connectivity index (χ4v) is 3.16. The van der Waals surface area contributed by atoms with Crippen molar-refractivity contribution in [2.75, 3.05) is 6.54 Å². The number of halogens is 1. The van der Waals surface area contributed by atoms with Gasteiger partial charge in [-0.05, 0) is 37.1 Å². The zero-order valence-electron chi connectivity index (χ0n) is 10.4. The summed E-state index contributed by atoms with van der Waals surface area (Å²) >= 11 is 5.25. The Hall–Kier alpha value is -0.710. The molecule has 1 aromatic heterocycles. The van der Waals surface area contributed by atoms with E-state index in [0.717, 1.165) is 23.9 Å². The van der Waals surface area contributed by atoms with Crippen LogP contribution in [0.1, 0.15) is 17.4 Å². The highest BCUT2D eigenvalue weighted by Crippen LogP contribution is 2.16. The van der Waals surface area contributed by atoms with Crippen molar-refractivity contribution in [1.82, 2.24) is 10.3 Å². The highest BCUT2D eigenvalue weighted by atomic mass is 79.9. The summed E-state index contributed by atoms with van der Waals surface area (Å²) in [5.74, 6) is 0. The number of aromatic nitrogens is 1. The Balaban J connectivity index is 2.01. The lowest BCUT2D eigenvalue weighted by atomic mass is 10.0. The molecule has 1 heterocycles. The van der Waals surface area contributed by atoms with Gasteiger partial charge in [0.15, 0.2) is 0 Å². The first-order valence-corrected chi connectivity index (χ1v) is 7.80. The van der Waals surface area contributed by atoms with Crippen LogP contribution in [0, 0.1) is 0 Å². The summed E-state index contributed by atoms with van der Waals surface area (Å²) < 4.78 is 1.15.